The van der Waals surface area contributed by atoms with Gasteiger partial charge in [-0.25, -0.2) is 4.39 Å². The second kappa shape index (κ2) is 9.02. The Morgan fingerprint density at radius 2 is 1.50 bits per heavy atom. The van der Waals surface area contributed by atoms with E-state index in [0.717, 1.165) is 61.8 Å². The lowest BCUT2D eigenvalue weighted by atomic mass is 9.91. The van der Waals surface area contributed by atoms with Crippen molar-refractivity contribution in [2.45, 2.75) is 44.7 Å². The van der Waals surface area contributed by atoms with E-state index in [0.29, 0.717) is 18.7 Å². The smallest absolute Gasteiger partial charge is 0.254 e. The molecule has 0 radical (unpaired) electrons. The topological polar surface area (TPSA) is 43.9 Å². The van der Waals surface area contributed by atoms with Gasteiger partial charge in [0.05, 0.1) is 0 Å². The molecule has 0 N–H and O–H groups in total. The highest BCUT2D eigenvalue weighted by Gasteiger charge is 2.29. The van der Waals surface area contributed by atoms with Crippen LogP contribution in [0.3, 0.4) is 0 Å². The minimum absolute atomic E-state index is 0.0867. The number of hydrogen-bond donors (Lipinski definition) is 0. The summed E-state index contributed by atoms with van der Waals surface area (Å²) in [5.41, 5.74) is 3.47. The average Bonchev–Trinajstić information content (AvgIpc) is 3.03. The molecular weight excluding hydrogens is 405 g/mol. The molecule has 2 amide bonds. The van der Waals surface area contributed by atoms with Gasteiger partial charge in [0.15, 0.2) is 0 Å². The van der Waals surface area contributed by atoms with E-state index in [1.807, 2.05) is 23.1 Å². The Balaban J connectivity index is 1.24. The Morgan fingerprint density at radius 1 is 0.750 bits per heavy atom. The predicted octanol–water partition coefficient (Wildman–Crippen LogP) is 3.72. The molecule has 2 heterocycles. The van der Waals surface area contributed by atoms with Crippen LogP contribution in [0.1, 0.15) is 57.5 Å². The molecule has 2 fully saturated rings. The number of amides is 2. The fourth-order valence-electron chi connectivity index (χ4n) is 5.07. The molecular formula is C26H30FN3O2. The molecule has 168 valence electrons. The van der Waals surface area contributed by atoms with E-state index in [1.54, 1.807) is 4.90 Å². The van der Waals surface area contributed by atoms with Crippen molar-refractivity contribution >= 4 is 11.8 Å². The van der Waals surface area contributed by atoms with Gasteiger partial charge in [0, 0.05) is 56.4 Å². The molecule has 0 atom stereocenters. The molecule has 1 saturated heterocycles. The first-order chi connectivity index (χ1) is 15.6. The lowest BCUT2D eigenvalue weighted by Crippen LogP contribution is -2.42. The van der Waals surface area contributed by atoms with Gasteiger partial charge in [0.25, 0.3) is 11.8 Å². The largest absolute Gasteiger partial charge is 0.337 e. The Hall–Kier alpha value is -2.73. The summed E-state index contributed by atoms with van der Waals surface area (Å²) in [5.74, 6) is -0.313. The van der Waals surface area contributed by atoms with Crippen molar-refractivity contribution in [3.05, 3.63) is 70.5 Å². The van der Waals surface area contributed by atoms with Gasteiger partial charge in [-0.3, -0.25) is 14.5 Å². The average molecular weight is 436 g/mol. The van der Waals surface area contributed by atoms with Crippen LogP contribution in [-0.4, -0.2) is 65.3 Å². The molecule has 0 bridgehead atoms. The number of nitrogens with zero attached hydrogens (tertiary/aromatic N) is 3. The zero-order valence-corrected chi connectivity index (χ0v) is 18.4. The summed E-state index contributed by atoms with van der Waals surface area (Å²) in [6, 6.07) is 12.3. The van der Waals surface area contributed by atoms with Gasteiger partial charge in [0.1, 0.15) is 5.82 Å². The van der Waals surface area contributed by atoms with Crippen LogP contribution in [0, 0.1) is 5.82 Å². The first kappa shape index (κ1) is 21.1. The van der Waals surface area contributed by atoms with Gasteiger partial charge in [0.2, 0.25) is 0 Å². The molecule has 1 saturated carbocycles. The van der Waals surface area contributed by atoms with Crippen molar-refractivity contribution < 1.29 is 14.0 Å². The van der Waals surface area contributed by atoms with Crippen LogP contribution in [0.25, 0.3) is 0 Å². The summed E-state index contributed by atoms with van der Waals surface area (Å²) in [6.45, 7) is 4.80. The lowest BCUT2D eigenvalue weighted by Gasteiger charge is -2.36. The number of halogens is 1. The highest BCUT2D eigenvalue weighted by atomic mass is 19.1. The quantitative estimate of drug-likeness (QED) is 0.738. The van der Waals surface area contributed by atoms with E-state index in [1.165, 1.54) is 43.5 Å². The minimum atomic E-state index is -0.345. The summed E-state index contributed by atoms with van der Waals surface area (Å²) in [5, 5.41) is 0. The normalized spacial score (nSPS) is 19.8. The van der Waals surface area contributed by atoms with E-state index in [9.17, 15) is 14.0 Å². The molecule has 0 unspecified atom stereocenters. The van der Waals surface area contributed by atoms with Crippen molar-refractivity contribution in [3.63, 3.8) is 0 Å². The Morgan fingerprint density at radius 3 is 2.25 bits per heavy atom. The van der Waals surface area contributed by atoms with E-state index in [2.05, 4.69) is 4.90 Å². The van der Waals surface area contributed by atoms with Crippen LogP contribution >= 0.6 is 0 Å². The monoisotopic (exact) mass is 435 g/mol. The van der Waals surface area contributed by atoms with Gasteiger partial charge in [-0.05, 0) is 73.2 Å². The van der Waals surface area contributed by atoms with Crippen molar-refractivity contribution in [3.8, 4) is 0 Å². The molecule has 5 rings (SSSR count). The Bertz CT molecular complexity index is 1000. The lowest BCUT2D eigenvalue weighted by molar-refractivity contribution is 0.0727. The maximum Gasteiger partial charge on any atom is 0.254 e. The first-order valence-corrected chi connectivity index (χ1v) is 11.8. The van der Waals surface area contributed by atoms with Crippen molar-refractivity contribution in [1.29, 1.82) is 0 Å². The summed E-state index contributed by atoms with van der Waals surface area (Å²) in [4.78, 5) is 32.3. The number of carbonyl (C=O) groups excluding carboxylic acids is 2. The number of fused-ring (bicyclic) bond motifs is 1. The van der Waals surface area contributed by atoms with Gasteiger partial charge >= 0.3 is 0 Å². The Labute approximate surface area is 188 Å². The van der Waals surface area contributed by atoms with Crippen LogP contribution < -0.4 is 0 Å². The van der Waals surface area contributed by atoms with Crippen LogP contribution in [0.4, 0.5) is 4.39 Å². The summed E-state index contributed by atoms with van der Waals surface area (Å²) >= 11 is 0. The number of carbonyl (C=O) groups is 2. The molecule has 0 aromatic heterocycles. The van der Waals surface area contributed by atoms with Gasteiger partial charge in [-0.2, -0.15) is 0 Å². The van der Waals surface area contributed by atoms with Gasteiger partial charge in [-0.1, -0.05) is 12.5 Å². The zero-order valence-electron chi connectivity index (χ0n) is 18.4. The van der Waals surface area contributed by atoms with Crippen LogP contribution in [0.2, 0.25) is 0 Å². The fraction of sp³-hybridized carbons (Fsp3) is 0.462. The second-order valence-corrected chi connectivity index (χ2v) is 9.23. The van der Waals surface area contributed by atoms with Crippen LogP contribution in [0.5, 0.6) is 0 Å². The van der Waals surface area contributed by atoms with E-state index < -0.39 is 0 Å². The van der Waals surface area contributed by atoms with Gasteiger partial charge < -0.3 is 9.80 Å². The molecule has 0 spiro atoms. The summed E-state index contributed by atoms with van der Waals surface area (Å²) in [7, 11) is 0. The van der Waals surface area contributed by atoms with Crippen LogP contribution in [0.15, 0.2) is 42.5 Å². The molecule has 1 aliphatic carbocycles. The SMILES string of the molecule is O=C(c1ccc2c(c1)CCN(C(=O)c1ccc(F)cc1)C2)N1CCCN(C2CCC2)CC1. The van der Waals surface area contributed by atoms with E-state index in [-0.39, 0.29) is 17.6 Å². The summed E-state index contributed by atoms with van der Waals surface area (Å²) < 4.78 is 13.2. The molecule has 2 aromatic rings. The fourth-order valence-corrected chi connectivity index (χ4v) is 5.07. The first-order valence-electron chi connectivity index (χ1n) is 11.8. The third-order valence-electron chi connectivity index (χ3n) is 7.25. The maximum absolute atomic E-state index is 13.2. The van der Waals surface area contributed by atoms with Crippen molar-refractivity contribution in [2.75, 3.05) is 32.7 Å². The maximum atomic E-state index is 13.2. The van der Waals surface area contributed by atoms with Crippen molar-refractivity contribution in [1.82, 2.24) is 14.7 Å². The molecule has 2 aliphatic heterocycles. The third kappa shape index (κ3) is 4.29. The van der Waals surface area contributed by atoms with E-state index in [4.69, 9.17) is 0 Å². The predicted molar refractivity (Wildman–Crippen MR) is 121 cm³/mol. The minimum Gasteiger partial charge on any atom is -0.337 e. The van der Waals surface area contributed by atoms with Crippen molar-refractivity contribution in [2.24, 2.45) is 0 Å². The van der Waals surface area contributed by atoms with Gasteiger partial charge in [-0.15, -0.1) is 0 Å². The highest BCUT2D eigenvalue weighted by Crippen LogP contribution is 2.26. The zero-order chi connectivity index (χ0) is 22.1. The highest BCUT2D eigenvalue weighted by molar-refractivity contribution is 5.95. The third-order valence-corrected chi connectivity index (χ3v) is 7.25. The standard InChI is InChI=1S/C26H30FN3O2/c27-23-9-7-19(8-10-23)25(31)30-14-11-20-17-21(5-6-22(20)18-30)26(32)29-13-2-12-28(15-16-29)24-3-1-4-24/h5-10,17,24H,1-4,11-16,18H2. The summed E-state index contributed by atoms with van der Waals surface area (Å²) in [6.07, 6.45) is 5.71. The molecule has 2 aromatic carbocycles. The van der Waals surface area contributed by atoms with E-state index >= 15 is 0 Å². The second-order valence-electron chi connectivity index (χ2n) is 9.23. The number of rotatable bonds is 3. The number of benzene rings is 2. The molecule has 6 heteroatoms. The molecule has 32 heavy (non-hydrogen) atoms. The van der Waals surface area contributed by atoms with Crippen LogP contribution in [-0.2, 0) is 13.0 Å². The molecule has 3 aliphatic rings. The Kier molecular flexibility index (Phi) is 5.96. The number of hydrogen-bond acceptors (Lipinski definition) is 3. The molecule has 5 nitrogen and oxygen atoms in total.